The highest BCUT2D eigenvalue weighted by Gasteiger charge is 2.42. The molecule has 2 aliphatic carbocycles. The van der Waals surface area contributed by atoms with Crippen LogP contribution in [0.15, 0.2) is 33.0 Å². The molecule has 4 heteroatoms. The molecule has 0 aliphatic heterocycles. The van der Waals surface area contributed by atoms with Gasteiger partial charge >= 0.3 is 0 Å². The average Bonchev–Trinajstić information content (AvgIpc) is 3.23. The van der Waals surface area contributed by atoms with Crippen LogP contribution in [-0.2, 0) is 0 Å². The highest BCUT2D eigenvalue weighted by Crippen LogP contribution is 2.50. The third kappa shape index (κ3) is 7.25. The number of aliphatic hydroxyl groups is 1. The third-order valence-corrected chi connectivity index (χ3v) is 6.05. The van der Waals surface area contributed by atoms with Crippen molar-refractivity contribution in [3.05, 3.63) is 23.0 Å². The molecular weight excluding hydrogens is 334 g/mol. The first kappa shape index (κ1) is 23.6. The summed E-state index contributed by atoms with van der Waals surface area (Å²) in [6.07, 6.45) is 11.0. The molecule has 0 bridgehead atoms. The fourth-order valence-corrected chi connectivity index (χ4v) is 4.20. The average molecular weight is 376 g/mol. The molecule has 2 saturated carbocycles. The van der Waals surface area contributed by atoms with E-state index >= 15 is 0 Å². The molecule has 4 atom stereocenters. The van der Waals surface area contributed by atoms with Gasteiger partial charge in [0, 0.05) is 19.0 Å². The summed E-state index contributed by atoms with van der Waals surface area (Å²) >= 11 is 0. The van der Waals surface area contributed by atoms with E-state index in [-0.39, 0.29) is 0 Å². The highest BCUT2D eigenvalue weighted by atomic mass is 16.3. The van der Waals surface area contributed by atoms with Gasteiger partial charge in [-0.2, -0.15) is 0 Å². The molecule has 0 spiro atoms. The van der Waals surface area contributed by atoms with Gasteiger partial charge < -0.3 is 10.8 Å². The highest BCUT2D eigenvalue weighted by molar-refractivity contribution is 5.98. The lowest BCUT2D eigenvalue weighted by Gasteiger charge is -2.16. The van der Waals surface area contributed by atoms with Gasteiger partial charge in [0.15, 0.2) is 0 Å². The predicted octanol–water partition coefficient (Wildman–Crippen LogP) is 5.48. The van der Waals surface area contributed by atoms with Crippen molar-refractivity contribution in [3.63, 3.8) is 0 Å². The van der Waals surface area contributed by atoms with Crippen LogP contribution in [0, 0.1) is 23.7 Å². The number of amidine groups is 1. The quantitative estimate of drug-likeness (QED) is 0.476. The van der Waals surface area contributed by atoms with Crippen LogP contribution in [0.4, 0.5) is 0 Å². The van der Waals surface area contributed by atoms with Crippen LogP contribution in [0.2, 0.25) is 0 Å². The fourth-order valence-electron chi connectivity index (χ4n) is 4.20. The molecule has 0 aromatic rings. The molecule has 2 fully saturated rings. The summed E-state index contributed by atoms with van der Waals surface area (Å²) < 4.78 is 0. The first-order chi connectivity index (χ1) is 12.8. The SMILES string of the molecule is CC1CCC2C(CO)CCC12.CCC=NC(C(N)=N/C=C(\C)CC)=C(C)C. The minimum absolute atomic E-state index is 0.438. The minimum atomic E-state index is 0.438. The van der Waals surface area contributed by atoms with Gasteiger partial charge in [-0.1, -0.05) is 32.8 Å². The molecule has 2 rings (SSSR count). The van der Waals surface area contributed by atoms with E-state index in [1.807, 2.05) is 33.9 Å². The lowest BCUT2D eigenvalue weighted by Crippen LogP contribution is -2.14. The number of rotatable bonds is 6. The van der Waals surface area contributed by atoms with Gasteiger partial charge in [-0.15, -0.1) is 0 Å². The van der Waals surface area contributed by atoms with Crippen molar-refractivity contribution in [1.29, 1.82) is 0 Å². The second-order valence-corrected chi connectivity index (χ2v) is 8.31. The predicted molar refractivity (Wildman–Crippen MR) is 118 cm³/mol. The van der Waals surface area contributed by atoms with Crippen molar-refractivity contribution in [2.24, 2.45) is 39.4 Å². The molecule has 4 unspecified atom stereocenters. The van der Waals surface area contributed by atoms with E-state index in [0.717, 1.165) is 41.9 Å². The van der Waals surface area contributed by atoms with Gasteiger partial charge in [0.2, 0.25) is 0 Å². The van der Waals surface area contributed by atoms with Crippen molar-refractivity contribution in [2.45, 2.75) is 80.1 Å². The minimum Gasteiger partial charge on any atom is -0.396 e. The Morgan fingerprint density at radius 3 is 2.30 bits per heavy atom. The number of nitrogens with zero attached hydrogens (tertiary/aromatic N) is 2. The van der Waals surface area contributed by atoms with Gasteiger partial charge in [0.1, 0.15) is 11.5 Å². The van der Waals surface area contributed by atoms with Crippen LogP contribution in [0.5, 0.6) is 0 Å². The first-order valence-electron chi connectivity index (χ1n) is 10.7. The molecule has 0 aromatic carbocycles. The van der Waals surface area contributed by atoms with Crippen LogP contribution in [0.3, 0.4) is 0 Å². The Morgan fingerprint density at radius 1 is 1.07 bits per heavy atom. The molecule has 0 radical (unpaired) electrons. The fraction of sp³-hybridized carbons (Fsp3) is 0.739. The van der Waals surface area contributed by atoms with E-state index in [9.17, 15) is 0 Å². The van der Waals surface area contributed by atoms with E-state index < -0.39 is 0 Å². The number of fused-ring (bicyclic) bond motifs is 1. The normalized spacial score (nSPS) is 28.1. The monoisotopic (exact) mass is 375 g/mol. The van der Waals surface area contributed by atoms with Crippen molar-refractivity contribution in [3.8, 4) is 0 Å². The zero-order chi connectivity index (χ0) is 20.4. The molecule has 2 aliphatic rings. The molecule has 0 heterocycles. The van der Waals surface area contributed by atoms with E-state index in [1.165, 1.54) is 31.3 Å². The molecule has 0 aromatic heterocycles. The standard InChI is InChI=1S/C13H23N3.C10H18O/c1-6-8-15-12(10(3)4)13(14)16-9-11(5)7-2;1-7-2-4-10-8(6-11)3-5-9(7)10/h8-9H,6-7H2,1-5H3,(H2,14,16);7-11H,2-6H2,1H3/b11-9+,15-8?;. The summed E-state index contributed by atoms with van der Waals surface area (Å²) in [5.74, 6) is 3.93. The van der Waals surface area contributed by atoms with Gasteiger partial charge in [-0.25, -0.2) is 4.99 Å². The summed E-state index contributed by atoms with van der Waals surface area (Å²) in [6, 6.07) is 0. The van der Waals surface area contributed by atoms with Crippen LogP contribution in [0.1, 0.15) is 80.1 Å². The summed E-state index contributed by atoms with van der Waals surface area (Å²) in [5.41, 5.74) is 8.96. The van der Waals surface area contributed by atoms with Crippen molar-refractivity contribution >= 4 is 12.1 Å². The molecule has 4 nitrogen and oxygen atoms in total. The Hall–Kier alpha value is -1.42. The van der Waals surface area contributed by atoms with Crippen molar-refractivity contribution in [2.75, 3.05) is 6.61 Å². The second kappa shape index (κ2) is 12.1. The molecule has 0 saturated heterocycles. The molecule has 0 amide bonds. The van der Waals surface area contributed by atoms with Crippen molar-refractivity contribution < 1.29 is 5.11 Å². The van der Waals surface area contributed by atoms with Gasteiger partial charge in [0.05, 0.1) is 0 Å². The number of aliphatic hydroxyl groups excluding tert-OH is 1. The smallest absolute Gasteiger partial charge is 0.149 e. The largest absolute Gasteiger partial charge is 0.396 e. The number of hydrogen-bond acceptors (Lipinski definition) is 3. The number of nitrogens with two attached hydrogens (primary N) is 1. The Labute approximate surface area is 166 Å². The number of aliphatic imine (C=N–C) groups is 2. The lowest BCUT2D eigenvalue weighted by atomic mass is 9.90. The van der Waals surface area contributed by atoms with Gasteiger partial charge in [0.25, 0.3) is 0 Å². The maximum atomic E-state index is 9.10. The maximum absolute atomic E-state index is 9.10. The first-order valence-corrected chi connectivity index (χ1v) is 10.7. The lowest BCUT2D eigenvalue weighted by molar-refractivity contribution is 0.185. The summed E-state index contributed by atoms with van der Waals surface area (Å²) in [4.78, 5) is 8.55. The Bertz CT molecular complexity index is 570. The second-order valence-electron chi connectivity index (χ2n) is 8.31. The van der Waals surface area contributed by atoms with Crippen LogP contribution < -0.4 is 5.73 Å². The van der Waals surface area contributed by atoms with Gasteiger partial charge in [-0.3, -0.25) is 4.99 Å². The van der Waals surface area contributed by atoms with Crippen LogP contribution in [0.25, 0.3) is 0 Å². The summed E-state index contributed by atoms with van der Waals surface area (Å²) in [6.45, 7) is 13.0. The van der Waals surface area contributed by atoms with E-state index in [1.54, 1.807) is 6.20 Å². The number of allylic oxidation sites excluding steroid dienone is 2. The van der Waals surface area contributed by atoms with E-state index in [0.29, 0.717) is 18.4 Å². The molecule has 154 valence electrons. The molecular formula is C23H41N3O. The zero-order valence-corrected chi connectivity index (χ0v) is 18.3. The Balaban J connectivity index is 0.000000285. The zero-order valence-electron chi connectivity index (χ0n) is 18.3. The summed E-state index contributed by atoms with van der Waals surface area (Å²) in [5, 5.41) is 9.10. The molecule has 3 N–H and O–H groups in total. The number of hydrogen-bond donors (Lipinski definition) is 2. The Kier molecular flexibility index (Phi) is 10.6. The van der Waals surface area contributed by atoms with Gasteiger partial charge in [-0.05, 0) is 82.1 Å². The van der Waals surface area contributed by atoms with E-state index in [4.69, 9.17) is 10.8 Å². The Morgan fingerprint density at radius 2 is 1.74 bits per heavy atom. The maximum Gasteiger partial charge on any atom is 0.149 e. The molecule has 27 heavy (non-hydrogen) atoms. The van der Waals surface area contributed by atoms with Crippen LogP contribution in [-0.4, -0.2) is 23.8 Å². The summed E-state index contributed by atoms with van der Waals surface area (Å²) in [7, 11) is 0. The van der Waals surface area contributed by atoms with Crippen molar-refractivity contribution in [1.82, 2.24) is 0 Å². The van der Waals surface area contributed by atoms with E-state index in [2.05, 4.69) is 23.8 Å². The topological polar surface area (TPSA) is 71.0 Å². The third-order valence-electron chi connectivity index (χ3n) is 6.05. The van der Waals surface area contributed by atoms with Crippen LogP contribution >= 0.6 is 0 Å².